The van der Waals surface area contributed by atoms with Crippen molar-refractivity contribution in [2.24, 2.45) is 17.4 Å². The Kier molecular flexibility index (Phi) is 7.30. The number of nitrogens with two attached hydrogens (primary N) is 2. The molecule has 0 aromatic heterocycles. The van der Waals surface area contributed by atoms with E-state index in [0.717, 1.165) is 18.2 Å². The van der Waals surface area contributed by atoms with Crippen LogP contribution in [0.15, 0.2) is 59.5 Å². The first-order valence-corrected chi connectivity index (χ1v) is 14.4. The van der Waals surface area contributed by atoms with Gasteiger partial charge in [0.15, 0.2) is 5.96 Å². The molecule has 5 rings (SSSR count). The maximum absolute atomic E-state index is 13.8. The number of hydrogen-bond donors (Lipinski definition) is 4. The SMILES string of the molecule is N=C(N)N1CCCC(CNS(=O)(=O)c2ccc3ccccc3c2-c2cccc3c2C(=O)C(=O)N3CCC(N)=O)C1. The number of Topliss-reactive ketones (excluding diaryl/α,β-unsaturated/α-hetero) is 1. The van der Waals surface area contributed by atoms with E-state index in [9.17, 15) is 22.8 Å². The van der Waals surface area contributed by atoms with Gasteiger partial charge in [-0.05, 0) is 47.2 Å². The zero-order valence-electron chi connectivity index (χ0n) is 21.7. The van der Waals surface area contributed by atoms with Crippen LogP contribution in [0.3, 0.4) is 0 Å². The van der Waals surface area contributed by atoms with Crippen molar-refractivity contribution in [3.05, 3.63) is 60.2 Å². The predicted molar refractivity (Wildman–Crippen MR) is 151 cm³/mol. The number of benzene rings is 3. The molecule has 2 heterocycles. The number of sulfonamides is 1. The summed E-state index contributed by atoms with van der Waals surface area (Å²) >= 11 is 0. The van der Waals surface area contributed by atoms with Crippen LogP contribution in [0, 0.1) is 11.3 Å². The van der Waals surface area contributed by atoms with Crippen molar-refractivity contribution in [1.29, 1.82) is 5.41 Å². The van der Waals surface area contributed by atoms with Gasteiger partial charge in [-0.25, -0.2) is 13.1 Å². The average molecular weight is 563 g/mol. The van der Waals surface area contributed by atoms with E-state index in [2.05, 4.69) is 4.72 Å². The number of carbonyl (C=O) groups excluding carboxylic acids is 3. The Balaban J connectivity index is 1.59. The molecule has 40 heavy (non-hydrogen) atoms. The number of anilines is 1. The van der Waals surface area contributed by atoms with E-state index in [0.29, 0.717) is 35.3 Å². The van der Waals surface area contributed by atoms with Gasteiger partial charge in [-0.2, -0.15) is 0 Å². The Labute approximate surface area is 231 Å². The fourth-order valence-corrected chi connectivity index (χ4v) is 6.85. The number of hydrogen-bond acceptors (Lipinski definition) is 6. The number of nitrogens with zero attached hydrogens (tertiary/aromatic N) is 2. The molecule has 1 fully saturated rings. The summed E-state index contributed by atoms with van der Waals surface area (Å²) in [5.41, 5.74) is 11.9. The van der Waals surface area contributed by atoms with Crippen molar-refractivity contribution in [2.75, 3.05) is 31.1 Å². The van der Waals surface area contributed by atoms with Gasteiger partial charge >= 0.3 is 0 Å². The van der Waals surface area contributed by atoms with Crippen LogP contribution in [0.25, 0.3) is 21.9 Å². The lowest BCUT2D eigenvalue weighted by Gasteiger charge is -2.33. The van der Waals surface area contributed by atoms with Crippen LogP contribution in [0.4, 0.5) is 5.69 Å². The van der Waals surface area contributed by atoms with Gasteiger partial charge < -0.3 is 21.3 Å². The summed E-state index contributed by atoms with van der Waals surface area (Å²) in [7, 11) is -4.08. The number of likely N-dealkylation sites (tertiary alicyclic amines) is 1. The van der Waals surface area contributed by atoms with Crippen molar-refractivity contribution >= 4 is 50.0 Å². The van der Waals surface area contributed by atoms with E-state index in [4.69, 9.17) is 16.9 Å². The maximum atomic E-state index is 13.8. The number of fused-ring (bicyclic) bond motifs is 2. The van der Waals surface area contributed by atoms with Gasteiger partial charge in [0.05, 0.1) is 16.1 Å². The van der Waals surface area contributed by atoms with E-state index in [1.54, 1.807) is 41.3 Å². The molecule has 1 atom stereocenters. The van der Waals surface area contributed by atoms with Crippen molar-refractivity contribution in [2.45, 2.75) is 24.2 Å². The predicted octanol–water partition coefficient (Wildman–Crippen LogP) is 1.80. The van der Waals surface area contributed by atoms with Crippen molar-refractivity contribution in [3.8, 4) is 11.1 Å². The number of guanidine groups is 1. The van der Waals surface area contributed by atoms with Gasteiger partial charge in [0.2, 0.25) is 15.9 Å². The van der Waals surface area contributed by atoms with Gasteiger partial charge in [0, 0.05) is 38.2 Å². The van der Waals surface area contributed by atoms with Gasteiger partial charge in [-0.1, -0.05) is 42.5 Å². The molecule has 2 amide bonds. The smallest absolute Gasteiger partial charge is 0.299 e. The molecule has 0 aliphatic carbocycles. The normalized spacial score (nSPS) is 17.4. The second kappa shape index (κ2) is 10.7. The lowest BCUT2D eigenvalue weighted by molar-refractivity contribution is -0.118. The molecule has 2 aliphatic rings. The quantitative estimate of drug-likeness (QED) is 0.183. The lowest BCUT2D eigenvalue weighted by Crippen LogP contribution is -2.46. The van der Waals surface area contributed by atoms with Gasteiger partial charge in [0.1, 0.15) is 0 Å². The molecule has 3 aromatic carbocycles. The summed E-state index contributed by atoms with van der Waals surface area (Å²) in [5.74, 6) is -2.24. The highest BCUT2D eigenvalue weighted by molar-refractivity contribution is 7.89. The van der Waals surface area contributed by atoms with Gasteiger partial charge in [0.25, 0.3) is 11.7 Å². The molecule has 11 nitrogen and oxygen atoms in total. The molecular formula is C28H30N6O5S. The molecule has 3 aromatic rings. The maximum Gasteiger partial charge on any atom is 0.299 e. The summed E-state index contributed by atoms with van der Waals surface area (Å²) in [6.07, 6.45) is 1.47. The third kappa shape index (κ3) is 5.03. The van der Waals surface area contributed by atoms with Crippen molar-refractivity contribution in [1.82, 2.24) is 9.62 Å². The van der Waals surface area contributed by atoms with E-state index in [1.165, 1.54) is 11.0 Å². The molecule has 0 bridgehead atoms. The standard InChI is InChI=1S/C28H30N6O5S/c29-23(35)12-14-34-21-9-3-8-20(25(21)26(36)27(34)37)24-19-7-2-1-6-18(19)10-11-22(24)40(38,39)32-15-17-5-4-13-33(16-17)28(30)31/h1-3,6-11,17,32H,4-5,12-16H2,(H2,29,35)(H3,30,31). The third-order valence-corrected chi connectivity index (χ3v) is 8.92. The highest BCUT2D eigenvalue weighted by atomic mass is 32.2. The summed E-state index contributed by atoms with van der Waals surface area (Å²) < 4.78 is 30.4. The Morgan fingerprint density at radius 3 is 2.55 bits per heavy atom. The fraction of sp³-hybridized carbons (Fsp3) is 0.286. The number of carbonyl (C=O) groups is 3. The largest absolute Gasteiger partial charge is 0.370 e. The molecule has 12 heteroatoms. The van der Waals surface area contributed by atoms with Crippen molar-refractivity contribution in [3.63, 3.8) is 0 Å². The van der Waals surface area contributed by atoms with Crippen LogP contribution in [-0.2, 0) is 19.6 Å². The number of rotatable bonds is 8. The van der Waals surface area contributed by atoms with Crippen LogP contribution in [-0.4, -0.2) is 63.1 Å². The van der Waals surface area contributed by atoms with Crippen LogP contribution in [0.2, 0.25) is 0 Å². The number of ketones is 1. The first-order chi connectivity index (χ1) is 19.1. The minimum Gasteiger partial charge on any atom is -0.370 e. The van der Waals surface area contributed by atoms with Crippen LogP contribution in [0.1, 0.15) is 29.6 Å². The van der Waals surface area contributed by atoms with Crippen LogP contribution < -0.4 is 21.1 Å². The number of piperidine rings is 1. The van der Waals surface area contributed by atoms with Crippen LogP contribution in [0.5, 0.6) is 0 Å². The first-order valence-electron chi connectivity index (χ1n) is 13.0. The van der Waals surface area contributed by atoms with Crippen molar-refractivity contribution < 1.29 is 22.8 Å². The van der Waals surface area contributed by atoms with E-state index < -0.39 is 27.6 Å². The number of amides is 2. The monoisotopic (exact) mass is 562 g/mol. The minimum atomic E-state index is -4.08. The zero-order valence-corrected chi connectivity index (χ0v) is 22.5. The molecule has 6 N–H and O–H groups in total. The topological polar surface area (TPSA) is 180 Å². The molecule has 1 unspecified atom stereocenters. The molecule has 0 saturated carbocycles. The number of primary amides is 1. The van der Waals surface area contributed by atoms with E-state index in [1.807, 2.05) is 12.1 Å². The Morgan fingerprint density at radius 2 is 1.80 bits per heavy atom. The number of nitrogens with one attached hydrogen (secondary N) is 2. The summed E-state index contributed by atoms with van der Waals surface area (Å²) in [4.78, 5) is 40.5. The summed E-state index contributed by atoms with van der Waals surface area (Å²) in [5, 5.41) is 9.08. The highest BCUT2D eigenvalue weighted by Gasteiger charge is 2.39. The Morgan fingerprint density at radius 1 is 1.02 bits per heavy atom. The molecule has 1 saturated heterocycles. The summed E-state index contributed by atoms with van der Waals surface area (Å²) in [6, 6.07) is 15.3. The van der Waals surface area contributed by atoms with E-state index >= 15 is 0 Å². The highest BCUT2D eigenvalue weighted by Crippen LogP contribution is 2.42. The third-order valence-electron chi connectivity index (χ3n) is 7.45. The average Bonchev–Trinajstić information content (AvgIpc) is 3.19. The molecule has 0 spiro atoms. The second-order valence-corrected chi connectivity index (χ2v) is 11.8. The van der Waals surface area contributed by atoms with Gasteiger partial charge in [-0.15, -0.1) is 0 Å². The van der Waals surface area contributed by atoms with Crippen LogP contribution >= 0.6 is 0 Å². The first kappa shape index (κ1) is 27.3. The lowest BCUT2D eigenvalue weighted by atomic mass is 9.93. The molecule has 2 aliphatic heterocycles. The summed E-state index contributed by atoms with van der Waals surface area (Å²) in [6.45, 7) is 1.24. The zero-order chi connectivity index (χ0) is 28.6. The molecule has 208 valence electrons. The molecular weight excluding hydrogens is 532 g/mol. The second-order valence-electron chi connectivity index (χ2n) is 10.1. The van der Waals surface area contributed by atoms with Gasteiger partial charge in [-0.3, -0.25) is 19.8 Å². The fourth-order valence-electron chi connectivity index (χ4n) is 5.50. The molecule has 0 radical (unpaired) electrons. The Bertz CT molecular complexity index is 1650. The minimum absolute atomic E-state index is 0.0188. The Hall–Kier alpha value is -4.29. The van der Waals surface area contributed by atoms with E-state index in [-0.39, 0.29) is 41.8 Å².